The Kier molecular flexibility index (Phi) is 6.73. The van der Waals surface area contributed by atoms with Gasteiger partial charge in [0.15, 0.2) is 0 Å². The van der Waals surface area contributed by atoms with E-state index in [1.807, 2.05) is 29.6 Å². The van der Waals surface area contributed by atoms with Crippen LogP contribution in [-0.2, 0) is 11.3 Å². The summed E-state index contributed by atoms with van der Waals surface area (Å²) in [5, 5.41) is 15.7. The molecule has 0 fully saturated rings. The fraction of sp³-hybridized carbons (Fsp3) is 0.0370. The molecule has 0 spiro atoms. The summed E-state index contributed by atoms with van der Waals surface area (Å²) >= 11 is 1.61. The number of hydrogen-bond acceptors (Lipinski definition) is 6. The topological polar surface area (TPSA) is 115 Å². The molecule has 2 amide bonds. The van der Waals surface area contributed by atoms with Crippen LogP contribution in [0.1, 0.15) is 10.4 Å². The maximum atomic E-state index is 13.0. The Balaban J connectivity index is 1.23. The van der Waals surface area contributed by atoms with Gasteiger partial charge in [0.05, 0.1) is 17.6 Å². The van der Waals surface area contributed by atoms with Gasteiger partial charge in [-0.05, 0) is 65.5 Å². The molecule has 0 aliphatic carbocycles. The van der Waals surface area contributed by atoms with E-state index in [1.54, 1.807) is 47.9 Å². The first-order valence-electron chi connectivity index (χ1n) is 11.3. The van der Waals surface area contributed by atoms with E-state index in [0.29, 0.717) is 28.3 Å². The lowest BCUT2D eigenvalue weighted by Crippen LogP contribution is -2.19. The van der Waals surface area contributed by atoms with E-state index in [1.165, 1.54) is 28.9 Å². The van der Waals surface area contributed by atoms with Gasteiger partial charge >= 0.3 is 0 Å². The second kappa shape index (κ2) is 10.4. The fourth-order valence-corrected chi connectivity index (χ4v) is 4.36. The number of halogens is 1. The number of hydrogen-bond donors (Lipinski definition) is 3. The molecule has 0 aliphatic heterocycles. The van der Waals surface area contributed by atoms with Crippen molar-refractivity contribution < 1.29 is 14.0 Å². The number of nitrogens with one attached hydrogen (secondary N) is 2. The van der Waals surface area contributed by atoms with Gasteiger partial charge in [0.25, 0.3) is 5.91 Å². The number of anilines is 3. The summed E-state index contributed by atoms with van der Waals surface area (Å²) in [5.41, 5.74) is 10.3. The average Bonchev–Trinajstić information content (AvgIpc) is 3.60. The van der Waals surface area contributed by atoms with E-state index < -0.39 is 0 Å². The molecule has 0 radical (unpaired) electrons. The van der Waals surface area contributed by atoms with Crippen molar-refractivity contribution in [1.29, 1.82) is 0 Å². The Hall–Kier alpha value is -4.83. The minimum atomic E-state index is -0.380. The molecule has 10 heteroatoms. The lowest BCUT2D eigenvalue weighted by Gasteiger charge is -2.10. The fourth-order valence-electron chi connectivity index (χ4n) is 3.64. The monoisotopic (exact) mass is 512 g/mol. The molecule has 0 bridgehead atoms. The van der Waals surface area contributed by atoms with Crippen LogP contribution < -0.4 is 16.4 Å². The highest BCUT2D eigenvalue weighted by Gasteiger charge is 2.12. The second-order valence-electron chi connectivity index (χ2n) is 8.17. The maximum Gasteiger partial charge on any atom is 0.255 e. The maximum absolute atomic E-state index is 13.0. The molecular weight excluding hydrogens is 491 g/mol. The van der Waals surface area contributed by atoms with Crippen LogP contribution in [0.25, 0.3) is 21.7 Å². The molecule has 4 N–H and O–H groups in total. The Labute approximate surface area is 215 Å². The zero-order valence-electron chi connectivity index (χ0n) is 19.4. The molecule has 0 aliphatic rings. The summed E-state index contributed by atoms with van der Waals surface area (Å²) in [5.74, 6) is -0.991. The van der Waals surface area contributed by atoms with Crippen LogP contribution in [0.4, 0.5) is 21.5 Å². The van der Waals surface area contributed by atoms with Crippen molar-refractivity contribution in [2.45, 2.75) is 6.54 Å². The van der Waals surface area contributed by atoms with Crippen molar-refractivity contribution >= 4 is 40.2 Å². The lowest BCUT2D eigenvalue weighted by molar-refractivity contribution is -0.116. The third-order valence-electron chi connectivity index (χ3n) is 5.52. The SMILES string of the molecule is Nc1ccc(-c2cccs2)cc1NC(=O)c1ccc(-c2cn(CC(=O)Nc3ccc(F)cc3)nn2)cc1. The number of nitrogen functional groups attached to an aromatic ring is 1. The zero-order chi connectivity index (χ0) is 25.8. The summed E-state index contributed by atoms with van der Waals surface area (Å²) in [6, 6.07) is 21.9. The Morgan fingerprint density at radius 3 is 2.43 bits per heavy atom. The van der Waals surface area contributed by atoms with Crippen molar-refractivity contribution in [3.8, 4) is 21.7 Å². The molecule has 8 nitrogen and oxygen atoms in total. The quantitative estimate of drug-likeness (QED) is 0.257. The van der Waals surface area contributed by atoms with Crippen LogP contribution in [0.3, 0.4) is 0 Å². The van der Waals surface area contributed by atoms with Crippen LogP contribution in [0.15, 0.2) is 90.4 Å². The Morgan fingerprint density at radius 2 is 1.70 bits per heavy atom. The van der Waals surface area contributed by atoms with Gasteiger partial charge in [0, 0.05) is 21.7 Å². The number of amides is 2. The smallest absolute Gasteiger partial charge is 0.255 e. The normalized spacial score (nSPS) is 10.7. The average molecular weight is 513 g/mol. The van der Waals surface area contributed by atoms with Gasteiger partial charge in [-0.15, -0.1) is 16.4 Å². The molecule has 0 saturated heterocycles. The van der Waals surface area contributed by atoms with E-state index in [9.17, 15) is 14.0 Å². The lowest BCUT2D eigenvalue weighted by atomic mass is 10.1. The molecule has 0 unspecified atom stereocenters. The molecule has 37 heavy (non-hydrogen) atoms. The molecule has 2 aromatic heterocycles. The third-order valence-corrected chi connectivity index (χ3v) is 6.44. The molecule has 5 aromatic rings. The van der Waals surface area contributed by atoms with E-state index in [2.05, 4.69) is 20.9 Å². The first kappa shape index (κ1) is 23.9. The Bertz CT molecular complexity index is 1550. The van der Waals surface area contributed by atoms with Crippen molar-refractivity contribution in [3.63, 3.8) is 0 Å². The van der Waals surface area contributed by atoms with E-state index in [0.717, 1.165) is 16.0 Å². The predicted octanol–water partition coefficient (Wildman–Crippen LogP) is 5.29. The van der Waals surface area contributed by atoms with E-state index >= 15 is 0 Å². The molecule has 0 atom stereocenters. The van der Waals surface area contributed by atoms with Crippen LogP contribution in [0, 0.1) is 5.82 Å². The highest BCUT2D eigenvalue weighted by atomic mass is 32.1. The predicted molar refractivity (Wildman–Crippen MR) is 143 cm³/mol. The van der Waals surface area contributed by atoms with Gasteiger partial charge in [-0.3, -0.25) is 9.59 Å². The van der Waals surface area contributed by atoms with Gasteiger partial charge in [0.2, 0.25) is 5.91 Å². The van der Waals surface area contributed by atoms with Crippen LogP contribution in [0.5, 0.6) is 0 Å². The van der Waals surface area contributed by atoms with Gasteiger partial charge in [-0.1, -0.05) is 29.5 Å². The number of rotatable bonds is 7. The third kappa shape index (κ3) is 5.71. The Morgan fingerprint density at radius 1 is 0.946 bits per heavy atom. The molecule has 5 rings (SSSR count). The standard InChI is InChI=1S/C27H21FN6O2S/c28-20-8-10-21(11-9-20)30-26(35)16-34-15-24(32-33-34)17-3-5-18(6-4-17)27(36)31-23-14-19(7-12-22(23)29)25-2-1-13-37-25/h1-15H,16,29H2,(H,30,35)(H,31,36). The summed E-state index contributed by atoms with van der Waals surface area (Å²) in [6.07, 6.45) is 1.64. The molecule has 184 valence electrons. The van der Waals surface area contributed by atoms with Crippen LogP contribution >= 0.6 is 11.3 Å². The van der Waals surface area contributed by atoms with E-state index in [-0.39, 0.29) is 24.2 Å². The summed E-state index contributed by atoms with van der Waals surface area (Å²) in [4.78, 5) is 26.2. The molecule has 3 aromatic carbocycles. The summed E-state index contributed by atoms with van der Waals surface area (Å²) < 4.78 is 14.4. The first-order valence-corrected chi connectivity index (χ1v) is 12.1. The number of thiophene rings is 1. The molecular formula is C27H21FN6O2S. The number of aromatic nitrogens is 3. The largest absolute Gasteiger partial charge is 0.397 e. The van der Waals surface area contributed by atoms with Gasteiger partial charge < -0.3 is 16.4 Å². The van der Waals surface area contributed by atoms with Gasteiger partial charge in [0.1, 0.15) is 18.1 Å². The second-order valence-corrected chi connectivity index (χ2v) is 9.11. The van der Waals surface area contributed by atoms with Gasteiger partial charge in [-0.2, -0.15) is 0 Å². The van der Waals surface area contributed by atoms with Crippen molar-refractivity contribution in [2.24, 2.45) is 0 Å². The number of benzene rings is 3. The van der Waals surface area contributed by atoms with Crippen molar-refractivity contribution in [1.82, 2.24) is 15.0 Å². The minimum Gasteiger partial charge on any atom is -0.397 e. The first-order chi connectivity index (χ1) is 17.9. The van der Waals surface area contributed by atoms with E-state index in [4.69, 9.17) is 5.73 Å². The zero-order valence-corrected chi connectivity index (χ0v) is 20.2. The highest BCUT2D eigenvalue weighted by Crippen LogP contribution is 2.30. The van der Waals surface area contributed by atoms with Crippen LogP contribution in [-0.4, -0.2) is 26.8 Å². The summed E-state index contributed by atoms with van der Waals surface area (Å²) in [6.45, 7) is -0.0587. The number of nitrogens with zero attached hydrogens (tertiary/aromatic N) is 3. The van der Waals surface area contributed by atoms with Crippen molar-refractivity contribution in [3.05, 3.63) is 102 Å². The number of carbonyl (C=O) groups is 2. The number of nitrogens with two attached hydrogens (primary N) is 1. The minimum absolute atomic E-state index is 0.0587. The van der Waals surface area contributed by atoms with Crippen molar-refractivity contribution in [2.75, 3.05) is 16.4 Å². The highest BCUT2D eigenvalue weighted by molar-refractivity contribution is 7.13. The van der Waals surface area contributed by atoms with Crippen LogP contribution in [0.2, 0.25) is 0 Å². The van der Waals surface area contributed by atoms with Gasteiger partial charge in [-0.25, -0.2) is 9.07 Å². The molecule has 0 saturated carbocycles. The molecule has 2 heterocycles. The summed E-state index contributed by atoms with van der Waals surface area (Å²) in [7, 11) is 0. The number of carbonyl (C=O) groups excluding carboxylic acids is 2.